The first kappa shape index (κ1) is 23.2. The van der Waals surface area contributed by atoms with Crippen molar-refractivity contribution in [2.75, 3.05) is 39.6 Å². The van der Waals surface area contributed by atoms with Crippen LogP contribution in [0.2, 0.25) is 5.16 Å². The molecule has 0 saturated heterocycles. The van der Waals surface area contributed by atoms with Crippen LogP contribution >= 0.6 is 0 Å². The normalized spacial score (nSPS) is 13.0. The molecule has 0 unspecified atom stereocenters. The SMILES string of the molecule is [CH2]CC([Si](OCC)(OCC)OCC)[Si](OCC)(OCC)OCC. The summed E-state index contributed by atoms with van der Waals surface area (Å²) >= 11 is 0. The van der Waals surface area contributed by atoms with Gasteiger partial charge in [0.05, 0.1) is 5.16 Å². The van der Waals surface area contributed by atoms with Gasteiger partial charge in [0.25, 0.3) is 0 Å². The van der Waals surface area contributed by atoms with Crippen LogP contribution in [-0.2, 0) is 26.6 Å². The van der Waals surface area contributed by atoms with Crippen molar-refractivity contribution in [3.05, 3.63) is 6.92 Å². The van der Waals surface area contributed by atoms with Gasteiger partial charge in [-0.1, -0.05) is 6.92 Å². The maximum atomic E-state index is 6.06. The molecule has 6 nitrogen and oxygen atoms in total. The highest BCUT2D eigenvalue weighted by atomic mass is 28.5. The van der Waals surface area contributed by atoms with Crippen molar-refractivity contribution < 1.29 is 26.6 Å². The minimum atomic E-state index is -3.05. The predicted molar refractivity (Wildman–Crippen MR) is 95.0 cm³/mol. The van der Waals surface area contributed by atoms with Crippen LogP contribution in [0.1, 0.15) is 48.0 Å². The third kappa shape index (κ3) is 6.20. The van der Waals surface area contributed by atoms with Crippen LogP contribution < -0.4 is 0 Å². The number of hydrogen-bond donors (Lipinski definition) is 0. The Morgan fingerprint density at radius 3 is 0.913 bits per heavy atom. The van der Waals surface area contributed by atoms with Crippen molar-refractivity contribution >= 4 is 17.6 Å². The first-order valence-electron chi connectivity index (χ1n) is 8.69. The van der Waals surface area contributed by atoms with Crippen molar-refractivity contribution in [2.45, 2.75) is 53.1 Å². The third-order valence-electron chi connectivity index (χ3n) is 3.22. The second kappa shape index (κ2) is 12.5. The molecule has 0 amide bonds. The Hall–Kier alpha value is 0.194. The molecule has 0 aliphatic rings. The summed E-state index contributed by atoms with van der Waals surface area (Å²) in [5.74, 6) is 0. The Balaban J connectivity index is 5.91. The van der Waals surface area contributed by atoms with Crippen LogP contribution in [0, 0.1) is 6.92 Å². The second-order valence-corrected chi connectivity index (χ2v) is 10.8. The van der Waals surface area contributed by atoms with E-state index in [2.05, 4.69) is 6.92 Å². The zero-order chi connectivity index (χ0) is 17.8. The molecule has 0 aliphatic carbocycles. The molecule has 0 aromatic heterocycles. The molecule has 1 radical (unpaired) electrons. The fraction of sp³-hybridized carbons (Fsp3) is 0.933. The molecule has 0 N–H and O–H groups in total. The van der Waals surface area contributed by atoms with E-state index in [-0.39, 0.29) is 5.16 Å². The molecular formula is C15H35O6Si2. The lowest BCUT2D eigenvalue weighted by atomic mass is 10.6. The van der Waals surface area contributed by atoms with Crippen LogP contribution in [0.5, 0.6) is 0 Å². The first-order chi connectivity index (χ1) is 11.1. The molecule has 0 aromatic carbocycles. The molecule has 8 heteroatoms. The van der Waals surface area contributed by atoms with Crippen LogP contribution in [0.4, 0.5) is 0 Å². The highest BCUT2D eigenvalue weighted by molar-refractivity contribution is 6.82. The lowest BCUT2D eigenvalue weighted by Crippen LogP contribution is -2.64. The van der Waals surface area contributed by atoms with E-state index in [4.69, 9.17) is 26.6 Å². The lowest BCUT2D eigenvalue weighted by Gasteiger charge is -2.42. The molecule has 0 aromatic rings. The van der Waals surface area contributed by atoms with Crippen molar-refractivity contribution in [1.29, 1.82) is 0 Å². The zero-order valence-corrected chi connectivity index (χ0v) is 17.7. The van der Waals surface area contributed by atoms with Crippen molar-refractivity contribution in [2.24, 2.45) is 0 Å². The van der Waals surface area contributed by atoms with Crippen molar-refractivity contribution in [1.82, 2.24) is 0 Å². The summed E-state index contributed by atoms with van der Waals surface area (Å²) in [7, 11) is -6.10. The molecule has 0 fully saturated rings. The van der Waals surface area contributed by atoms with E-state index in [1.807, 2.05) is 41.5 Å². The molecule has 139 valence electrons. The van der Waals surface area contributed by atoms with E-state index >= 15 is 0 Å². The maximum absolute atomic E-state index is 6.06. The van der Waals surface area contributed by atoms with Gasteiger partial charge in [0.2, 0.25) is 0 Å². The third-order valence-corrected chi connectivity index (χ3v) is 11.8. The van der Waals surface area contributed by atoms with Crippen molar-refractivity contribution in [3.8, 4) is 0 Å². The molecule has 0 heterocycles. The second-order valence-electron chi connectivity index (χ2n) is 4.65. The van der Waals surface area contributed by atoms with Gasteiger partial charge in [-0.05, 0) is 48.0 Å². The van der Waals surface area contributed by atoms with E-state index in [9.17, 15) is 0 Å². The zero-order valence-electron chi connectivity index (χ0n) is 15.7. The van der Waals surface area contributed by atoms with Gasteiger partial charge in [-0.25, -0.2) is 0 Å². The van der Waals surface area contributed by atoms with Gasteiger partial charge >= 0.3 is 17.6 Å². The topological polar surface area (TPSA) is 55.4 Å². The van der Waals surface area contributed by atoms with Crippen LogP contribution in [0.3, 0.4) is 0 Å². The van der Waals surface area contributed by atoms with Gasteiger partial charge in [-0.15, -0.1) is 0 Å². The van der Waals surface area contributed by atoms with Gasteiger partial charge in [0, 0.05) is 39.6 Å². The Labute approximate surface area is 144 Å². The molecule has 0 rings (SSSR count). The molecule has 0 spiro atoms. The van der Waals surface area contributed by atoms with E-state index in [1.54, 1.807) is 0 Å². The van der Waals surface area contributed by atoms with Gasteiger partial charge in [0.1, 0.15) is 0 Å². The van der Waals surface area contributed by atoms with Gasteiger partial charge in [0.15, 0.2) is 0 Å². The number of hydrogen-bond acceptors (Lipinski definition) is 6. The van der Waals surface area contributed by atoms with Gasteiger partial charge < -0.3 is 26.6 Å². The summed E-state index contributed by atoms with van der Waals surface area (Å²) in [5, 5.41) is -0.241. The summed E-state index contributed by atoms with van der Waals surface area (Å²) in [6.07, 6.45) is 0.512. The quantitative estimate of drug-likeness (QED) is 0.414. The number of rotatable bonds is 15. The summed E-state index contributed by atoms with van der Waals surface area (Å²) in [4.78, 5) is 0. The fourth-order valence-electron chi connectivity index (χ4n) is 2.63. The Kier molecular flexibility index (Phi) is 12.6. The first-order valence-corrected chi connectivity index (χ1v) is 12.3. The van der Waals surface area contributed by atoms with Crippen molar-refractivity contribution in [3.63, 3.8) is 0 Å². The standard InChI is InChI=1S/C15H35O6Si2/c1-8-15(22(16-9-2,17-10-3)18-11-4)23(19-12-5,20-13-6)21-14-7/h15H,1,8-14H2,2-7H3. The highest BCUT2D eigenvalue weighted by Gasteiger charge is 2.64. The minimum Gasteiger partial charge on any atom is -0.374 e. The Morgan fingerprint density at radius 1 is 0.565 bits per heavy atom. The van der Waals surface area contributed by atoms with Crippen LogP contribution in [0.25, 0.3) is 0 Å². The minimum absolute atomic E-state index is 0.241. The predicted octanol–water partition coefficient (Wildman–Crippen LogP) is 3.22. The summed E-state index contributed by atoms with van der Waals surface area (Å²) in [6, 6.07) is 0. The van der Waals surface area contributed by atoms with E-state index in [0.29, 0.717) is 46.1 Å². The summed E-state index contributed by atoms with van der Waals surface area (Å²) < 4.78 is 36.3. The molecule has 23 heavy (non-hydrogen) atoms. The van der Waals surface area contributed by atoms with Gasteiger partial charge in [-0.3, -0.25) is 0 Å². The Bertz CT molecular complexity index is 233. The van der Waals surface area contributed by atoms with E-state index < -0.39 is 17.6 Å². The lowest BCUT2D eigenvalue weighted by molar-refractivity contribution is 0.0328. The molecule has 0 bridgehead atoms. The maximum Gasteiger partial charge on any atom is 0.508 e. The molecular weight excluding hydrogens is 332 g/mol. The van der Waals surface area contributed by atoms with E-state index in [1.165, 1.54) is 0 Å². The smallest absolute Gasteiger partial charge is 0.374 e. The monoisotopic (exact) mass is 367 g/mol. The average molecular weight is 368 g/mol. The van der Waals surface area contributed by atoms with Crippen LogP contribution in [-0.4, -0.2) is 57.3 Å². The highest BCUT2D eigenvalue weighted by Crippen LogP contribution is 2.39. The molecule has 0 atom stereocenters. The van der Waals surface area contributed by atoms with E-state index in [0.717, 1.165) is 0 Å². The molecule has 0 saturated carbocycles. The van der Waals surface area contributed by atoms with Gasteiger partial charge in [-0.2, -0.15) is 0 Å². The summed E-state index contributed by atoms with van der Waals surface area (Å²) in [5.41, 5.74) is 0. The van der Waals surface area contributed by atoms with Crippen LogP contribution in [0.15, 0.2) is 0 Å². The summed E-state index contributed by atoms with van der Waals surface area (Å²) in [6.45, 7) is 18.7. The molecule has 0 aliphatic heterocycles. The average Bonchev–Trinajstić information content (AvgIpc) is 2.49. The Morgan fingerprint density at radius 2 is 0.783 bits per heavy atom. The largest absolute Gasteiger partial charge is 0.508 e. The fourth-order valence-corrected chi connectivity index (χ4v) is 10.7.